The molecule has 2 heteroatoms. The molecule has 0 saturated carbocycles. The van der Waals surface area contributed by atoms with E-state index in [1.165, 1.54) is 16.2 Å². The van der Waals surface area contributed by atoms with Gasteiger partial charge < -0.3 is 0 Å². The SMILES string of the molecule is c1cnc2nc3ccc4ccccc4c3cc2c1. The maximum atomic E-state index is 4.62. The molecule has 0 spiro atoms. The van der Waals surface area contributed by atoms with Gasteiger partial charge in [-0.2, -0.15) is 0 Å². The smallest absolute Gasteiger partial charge is 0.159 e. The second-order valence-corrected chi connectivity index (χ2v) is 4.39. The largest absolute Gasteiger partial charge is 0.237 e. The van der Waals surface area contributed by atoms with Crippen LogP contribution in [0.2, 0.25) is 0 Å². The van der Waals surface area contributed by atoms with Gasteiger partial charge in [-0.05, 0) is 35.0 Å². The van der Waals surface area contributed by atoms with E-state index in [9.17, 15) is 0 Å². The third-order valence-corrected chi connectivity index (χ3v) is 3.29. The van der Waals surface area contributed by atoms with Crippen LogP contribution in [0.3, 0.4) is 0 Å². The van der Waals surface area contributed by atoms with E-state index in [2.05, 4.69) is 58.5 Å². The first kappa shape index (κ1) is 9.54. The fraction of sp³-hybridized carbons (Fsp3) is 0. The first-order chi connectivity index (χ1) is 8.92. The minimum atomic E-state index is 0.806. The summed E-state index contributed by atoms with van der Waals surface area (Å²) in [6.07, 6.45) is 1.78. The highest BCUT2D eigenvalue weighted by Crippen LogP contribution is 2.26. The summed E-state index contributed by atoms with van der Waals surface area (Å²) < 4.78 is 0. The predicted octanol–water partition coefficient (Wildman–Crippen LogP) is 3.94. The van der Waals surface area contributed by atoms with Gasteiger partial charge in [0, 0.05) is 17.0 Å². The first-order valence-electron chi connectivity index (χ1n) is 5.95. The molecule has 0 aliphatic carbocycles. The molecule has 4 aromatic rings. The molecule has 0 radical (unpaired) electrons. The maximum absolute atomic E-state index is 4.62. The molecule has 0 unspecified atom stereocenters. The average Bonchev–Trinajstić information content (AvgIpc) is 2.45. The van der Waals surface area contributed by atoms with Crippen LogP contribution >= 0.6 is 0 Å². The number of nitrogens with zero attached hydrogens (tertiary/aromatic N) is 2. The molecule has 4 rings (SSSR count). The Kier molecular flexibility index (Phi) is 1.86. The van der Waals surface area contributed by atoms with Crippen LogP contribution in [0.4, 0.5) is 0 Å². The molecular weight excluding hydrogens is 220 g/mol. The molecule has 2 aromatic carbocycles. The summed E-state index contributed by atoms with van der Waals surface area (Å²) in [4.78, 5) is 8.92. The van der Waals surface area contributed by atoms with E-state index in [1.54, 1.807) is 6.20 Å². The van der Waals surface area contributed by atoms with Gasteiger partial charge >= 0.3 is 0 Å². The molecule has 0 bridgehead atoms. The zero-order valence-corrected chi connectivity index (χ0v) is 9.67. The van der Waals surface area contributed by atoms with Gasteiger partial charge in [-0.3, -0.25) is 0 Å². The van der Waals surface area contributed by atoms with Crippen molar-refractivity contribution in [2.45, 2.75) is 0 Å². The van der Waals surface area contributed by atoms with Gasteiger partial charge in [-0.15, -0.1) is 0 Å². The minimum Gasteiger partial charge on any atom is -0.237 e. The van der Waals surface area contributed by atoms with Crippen molar-refractivity contribution in [2.24, 2.45) is 0 Å². The van der Waals surface area contributed by atoms with Gasteiger partial charge in [0.15, 0.2) is 5.65 Å². The van der Waals surface area contributed by atoms with Crippen molar-refractivity contribution in [1.29, 1.82) is 0 Å². The average molecular weight is 230 g/mol. The van der Waals surface area contributed by atoms with E-state index in [-0.39, 0.29) is 0 Å². The van der Waals surface area contributed by atoms with Crippen LogP contribution < -0.4 is 0 Å². The highest BCUT2D eigenvalue weighted by atomic mass is 14.8. The second kappa shape index (κ2) is 3.50. The standard InChI is InChI=1S/C16H10N2/c1-2-6-13-11(4-1)7-8-15-14(13)10-12-5-3-9-17-16(12)18-15/h1-10H. The van der Waals surface area contributed by atoms with Crippen molar-refractivity contribution in [2.75, 3.05) is 0 Å². The van der Waals surface area contributed by atoms with Gasteiger partial charge in [0.25, 0.3) is 0 Å². The lowest BCUT2D eigenvalue weighted by atomic mass is 10.0. The third-order valence-electron chi connectivity index (χ3n) is 3.29. The summed E-state index contributed by atoms with van der Waals surface area (Å²) in [6, 6.07) is 18.7. The maximum Gasteiger partial charge on any atom is 0.159 e. The van der Waals surface area contributed by atoms with Gasteiger partial charge in [0.1, 0.15) is 0 Å². The molecule has 0 fully saturated rings. The van der Waals surface area contributed by atoms with Crippen LogP contribution in [0.1, 0.15) is 0 Å². The van der Waals surface area contributed by atoms with E-state index >= 15 is 0 Å². The van der Waals surface area contributed by atoms with Crippen molar-refractivity contribution in [3.63, 3.8) is 0 Å². The Morgan fingerprint density at radius 2 is 1.61 bits per heavy atom. The topological polar surface area (TPSA) is 25.8 Å². The van der Waals surface area contributed by atoms with E-state index in [1.807, 2.05) is 6.07 Å². The Balaban J connectivity index is 2.27. The molecule has 0 atom stereocenters. The van der Waals surface area contributed by atoms with Crippen molar-refractivity contribution < 1.29 is 0 Å². The number of hydrogen-bond donors (Lipinski definition) is 0. The molecule has 2 nitrogen and oxygen atoms in total. The first-order valence-corrected chi connectivity index (χ1v) is 5.95. The quantitative estimate of drug-likeness (QED) is 0.338. The zero-order valence-electron chi connectivity index (χ0n) is 9.67. The fourth-order valence-electron chi connectivity index (χ4n) is 2.42. The van der Waals surface area contributed by atoms with Crippen LogP contribution in [0, 0.1) is 0 Å². The van der Waals surface area contributed by atoms with Crippen LogP contribution in [0.5, 0.6) is 0 Å². The van der Waals surface area contributed by atoms with E-state index in [0.717, 1.165) is 16.6 Å². The van der Waals surface area contributed by atoms with E-state index in [0.29, 0.717) is 0 Å². The van der Waals surface area contributed by atoms with E-state index in [4.69, 9.17) is 0 Å². The van der Waals surface area contributed by atoms with Gasteiger partial charge in [0.2, 0.25) is 0 Å². The summed E-state index contributed by atoms with van der Waals surface area (Å²) in [5.41, 5.74) is 1.81. The van der Waals surface area contributed by atoms with Crippen LogP contribution in [-0.2, 0) is 0 Å². The molecule has 0 aliphatic heterocycles. The molecule has 2 heterocycles. The Labute approximate surface area is 104 Å². The summed E-state index contributed by atoms with van der Waals surface area (Å²) in [6.45, 7) is 0. The van der Waals surface area contributed by atoms with Crippen LogP contribution in [0.15, 0.2) is 60.8 Å². The molecule has 0 saturated heterocycles. The lowest BCUT2D eigenvalue weighted by Gasteiger charge is -2.04. The highest BCUT2D eigenvalue weighted by Gasteiger charge is 2.03. The Bertz CT molecular complexity index is 875. The lowest BCUT2D eigenvalue weighted by Crippen LogP contribution is -1.86. The molecule has 0 aliphatic rings. The summed E-state index contributed by atoms with van der Waals surface area (Å²) >= 11 is 0. The fourth-order valence-corrected chi connectivity index (χ4v) is 2.42. The number of benzene rings is 2. The van der Waals surface area contributed by atoms with Crippen LogP contribution in [-0.4, -0.2) is 9.97 Å². The monoisotopic (exact) mass is 230 g/mol. The number of hydrogen-bond acceptors (Lipinski definition) is 2. The number of aromatic nitrogens is 2. The Hall–Kier alpha value is -2.48. The minimum absolute atomic E-state index is 0.806. The molecule has 0 N–H and O–H groups in total. The molecule has 0 amide bonds. The molecule has 18 heavy (non-hydrogen) atoms. The highest BCUT2D eigenvalue weighted by molar-refractivity contribution is 6.09. The van der Waals surface area contributed by atoms with Crippen molar-refractivity contribution in [1.82, 2.24) is 9.97 Å². The van der Waals surface area contributed by atoms with Gasteiger partial charge in [0.05, 0.1) is 5.52 Å². The van der Waals surface area contributed by atoms with E-state index < -0.39 is 0 Å². The number of rotatable bonds is 0. The lowest BCUT2D eigenvalue weighted by molar-refractivity contribution is 1.33. The van der Waals surface area contributed by atoms with Gasteiger partial charge in [-0.1, -0.05) is 30.3 Å². The molecule has 84 valence electrons. The Morgan fingerprint density at radius 3 is 2.61 bits per heavy atom. The summed E-state index contributed by atoms with van der Waals surface area (Å²) in [7, 11) is 0. The second-order valence-electron chi connectivity index (χ2n) is 4.39. The Morgan fingerprint density at radius 1 is 0.722 bits per heavy atom. The normalized spacial score (nSPS) is 11.3. The van der Waals surface area contributed by atoms with Crippen molar-refractivity contribution >= 4 is 32.7 Å². The summed E-state index contributed by atoms with van der Waals surface area (Å²) in [5, 5.41) is 4.76. The van der Waals surface area contributed by atoms with Crippen molar-refractivity contribution in [3.05, 3.63) is 60.8 Å². The summed E-state index contributed by atoms with van der Waals surface area (Å²) in [5.74, 6) is 0. The molecule has 2 aromatic heterocycles. The van der Waals surface area contributed by atoms with Crippen molar-refractivity contribution in [3.8, 4) is 0 Å². The molecular formula is C16H10N2. The van der Waals surface area contributed by atoms with Gasteiger partial charge in [-0.25, -0.2) is 9.97 Å². The number of fused-ring (bicyclic) bond motifs is 4. The third kappa shape index (κ3) is 1.29. The zero-order chi connectivity index (χ0) is 11.9. The van der Waals surface area contributed by atoms with Crippen LogP contribution in [0.25, 0.3) is 32.7 Å². The predicted molar refractivity (Wildman–Crippen MR) is 74.6 cm³/mol. The number of pyridine rings is 2.